The van der Waals surface area contributed by atoms with Crippen molar-refractivity contribution in [1.82, 2.24) is 0 Å². The molecule has 3 aromatic rings. The quantitative estimate of drug-likeness (QED) is 0.102. The molecule has 10 heteroatoms. The van der Waals surface area contributed by atoms with Gasteiger partial charge in [0.2, 0.25) is 0 Å². The van der Waals surface area contributed by atoms with E-state index in [1.165, 1.54) is 30.3 Å². The highest BCUT2D eigenvalue weighted by atomic mass is 127. The molecule has 0 saturated carbocycles. The Morgan fingerprint density at radius 3 is 2.61 bits per heavy atom. The van der Waals surface area contributed by atoms with Crippen molar-refractivity contribution in [2.24, 2.45) is 0 Å². The zero-order valence-corrected chi connectivity index (χ0v) is 21.2. The summed E-state index contributed by atoms with van der Waals surface area (Å²) in [5, 5.41) is 23.5. The number of amides is 1. The summed E-state index contributed by atoms with van der Waals surface area (Å²) in [6, 6.07) is 18.2. The number of anilines is 1. The van der Waals surface area contributed by atoms with E-state index in [1.807, 2.05) is 18.2 Å². The zero-order valence-electron chi connectivity index (χ0n) is 16.7. The van der Waals surface area contributed by atoms with E-state index in [-0.39, 0.29) is 16.9 Å². The lowest BCUT2D eigenvalue weighted by Gasteiger charge is -2.12. The number of nitro benzene ring substituents is 1. The fraction of sp³-hybridized carbons (Fsp3) is 0.0435. The van der Waals surface area contributed by atoms with Crippen LogP contribution in [0.2, 0.25) is 5.02 Å². The number of nitrogens with one attached hydrogen (secondary N) is 1. The van der Waals surface area contributed by atoms with Gasteiger partial charge in [0.15, 0.2) is 0 Å². The van der Waals surface area contributed by atoms with Crippen molar-refractivity contribution in [2.45, 2.75) is 6.61 Å². The summed E-state index contributed by atoms with van der Waals surface area (Å²) in [7, 11) is 0. The number of nitriles is 1. The van der Waals surface area contributed by atoms with Crippen LogP contribution in [0.3, 0.4) is 0 Å². The molecule has 0 bridgehead atoms. The molecule has 3 rings (SSSR count). The molecule has 0 aliphatic carbocycles. The van der Waals surface area contributed by atoms with E-state index in [1.54, 1.807) is 24.3 Å². The Balaban J connectivity index is 1.77. The SMILES string of the molecule is N#C/C(=C\c1cc(Br)c(OCc2ccc(Cl)cc2)c(I)c1)C(=O)Nc1cccc([N+](=O)[O-])c1. The first-order valence-electron chi connectivity index (χ1n) is 9.30. The monoisotopic (exact) mass is 637 g/mol. The minimum atomic E-state index is -0.674. The van der Waals surface area contributed by atoms with Gasteiger partial charge in [0.25, 0.3) is 11.6 Å². The normalized spacial score (nSPS) is 10.9. The highest BCUT2D eigenvalue weighted by Gasteiger charge is 2.14. The summed E-state index contributed by atoms with van der Waals surface area (Å²) < 4.78 is 7.35. The molecule has 33 heavy (non-hydrogen) atoms. The van der Waals surface area contributed by atoms with Crippen LogP contribution in [0.25, 0.3) is 6.08 Å². The molecule has 3 aromatic carbocycles. The number of hydrogen-bond donors (Lipinski definition) is 1. The van der Waals surface area contributed by atoms with Crippen LogP contribution >= 0.6 is 50.1 Å². The highest BCUT2D eigenvalue weighted by Crippen LogP contribution is 2.33. The predicted molar refractivity (Wildman–Crippen MR) is 138 cm³/mol. The van der Waals surface area contributed by atoms with Gasteiger partial charge < -0.3 is 10.1 Å². The number of rotatable bonds is 7. The van der Waals surface area contributed by atoms with Crippen molar-refractivity contribution < 1.29 is 14.5 Å². The topological polar surface area (TPSA) is 105 Å². The molecule has 0 fully saturated rings. The third-order valence-electron chi connectivity index (χ3n) is 4.31. The Labute approximate surface area is 216 Å². The van der Waals surface area contributed by atoms with Crippen LogP contribution in [0, 0.1) is 25.0 Å². The number of non-ortho nitro benzene ring substituents is 1. The van der Waals surface area contributed by atoms with Crippen molar-refractivity contribution in [3.05, 3.63) is 101 Å². The Hall–Kier alpha value is -2.94. The van der Waals surface area contributed by atoms with E-state index in [9.17, 15) is 20.2 Å². The number of hydrogen-bond acceptors (Lipinski definition) is 5. The lowest BCUT2D eigenvalue weighted by atomic mass is 10.1. The average molecular weight is 639 g/mol. The second kappa shape index (κ2) is 11.3. The standard InChI is InChI=1S/C23H14BrClIN3O4/c24-20-9-15(10-21(26)22(20)33-13-14-4-6-17(25)7-5-14)8-16(12-27)23(30)28-18-2-1-3-19(11-18)29(31)32/h1-11H,13H2,(H,28,30)/b16-8+. The highest BCUT2D eigenvalue weighted by molar-refractivity contribution is 14.1. The Kier molecular flexibility index (Phi) is 8.43. The summed E-state index contributed by atoms with van der Waals surface area (Å²) in [4.78, 5) is 22.9. The molecule has 0 aliphatic heterocycles. The first kappa shape index (κ1) is 24.7. The molecule has 0 heterocycles. The minimum absolute atomic E-state index is 0.154. The smallest absolute Gasteiger partial charge is 0.271 e. The van der Waals surface area contributed by atoms with Crippen molar-refractivity contribution in [3.63, 3.8) is 0 Å². The maximum atomic E-state index is 12.5. The molecular weight excluding hydrogens is 625 g/mol. The lowest BCUT2D eigenvalue weighted by molar-refractivity contribution is -0.384. The minimum Gasteiger partial charge on any atom is -0.487 e. The molecule has 0 spiro atoms. The number of carbonyl (C=O) groups excluding carboxylic acids is 1. The van der Waals surface area contributed by atoms with Crippen LogP contribution in [-0.4, -0.2) is 10.8 Å². The number of halogens is 3. The molecule has 0 radical (unpaired) electrons. The van der Waals surface area contributed by atoms with Gasteiger partial charge in [-0.25, -0.2) is 0 Å². The second-order valence-corrected chi connectivity index (χ2v) is 9.11. The van der Waals surface area contributed by atoms with Gasteiger partial charge in [0, 0.05) is 22.8 Å². The Morgan fingerprint density at radius 2 is 1.97 bits per heavy atom. The molecule has 7 nitrogen and oxygen atoms in total. The Morgan fingerprint density at radius 1 is 1.24 bits per heavy atom. The largest absolute Gasteiger partial charge is 0.487 e. The van der Waals surface area contributed by atoms with Crippen LogP contribution in [0.4, 0.5) is 11.4 Å². The molecular formula is C23H14BrClIN3O4. The second-order valence-electron chi connectivity index (χ2n) is 6.66. The van der Waals surface area contributed by atoms with Gasteiger partial charge in [-0.1, -0.05) is 29.8 Å². The summed E-state index contributed by atoms with van der Waals surface area (Å²) >= 11 is 11.5. The summed E-state index contributed by atoms with van der Waals surface area (Å²) in [6.45, 7) is 0.343. The van der Waals surface area contributed by atoms with E-state index in [4.69, 9.17) is 16.3 Å². The zero-order chi connectivity index (χ0) is 24.0. The van der Waals surface area contributed by atoms with Crippen molar-refractivity contribution >= 4 is 73.5 Å². The molecule has 0 unspecified atom stereocenters. The first-order valence-corrected chi connectivity index (χ1v) is 11.6. The predicted octanol–water partition coefficient (Wildman–Crippen LogP) is 6.74. The van der Waals surface area contributed by atoms with E-state index in [0.29, 0.717) is 27.4 Å². The maximum Gasteiger partial charge on any atom is 0.271 e. The summed E-state index contributed by atoms with van der Waals surface area (Å²) in [6.07, 6.45) is 1.43. The van der Waals surface area contributed by atoms with Crippen LogP contribution in [0.1, 0.15) is 11.1 Å². The molecule has 0 aliphatic rings. The van der Waals surface area contributed by atoms with Gasteiger partial charge in [0.1, 0.15) is 24.0 Å². The number of nitrogens with zero attached hydrogens (tertiary/aromatic N) is 2. The number of carbonyl (C=O) groups is 1. The van der Waals surface area contributed by atoms with Crippen LogP contribution < -0.4 is 10.1 Å². The number of benzene rings is 3. The van der Waals surface area contributed by atoms with Crippen molar-refractivity contribution in [1.29, 1.82) is 5.26 Å². The summed E-state index contributed by atoms with van der Waals surface area (Å²) in [5.41, 5.74) is 1.46. The van der Waals surface area contributed by atoms with Gasteiger partial charge >= 0.3 is 0 Å². The van der Waals surface area contributed by atoms with Gasteiger partial charge in [-0.15, -0.1) is 0 Å². The third kappa shape index (κ3) is 6.77. The van der Waals surface area contributed by atoms with Crippen molar-refractivity contribution in [3.8, 4) is 11.8 Å². The number of ether oxygens (including phenoxy) is 1. The van der Waals surface area contributed by atoms with E-state index in [0.717, 1.165) is 9.13 Å². The van der Waals surface area contributed by atoms with Crippen LogP contribution in [0.15, 0.2) is 70.7 Å². The van der Waals surface area contributed by atoms with Gasteiger partial charge in [-0.05, 0) is 86.1 Å². The fourth-order valence-corrected chi connectivity index (χ4v) is 4.64. The van der Waals surface area contributed by atoms with E-state index >= 15 is 0 Å². The molecule has 1 amide bonds. The molecule has 0 aromatic heterocycles. The summed E-state index contributed by atoms with van der Waals surface area (Å²) in [5.74, 6) is -0.0468. The van der Waals surface area contributed by atoms with Crippen LogP contribution in [-0.2, 0) is 11.4 Å². The first-order chi connectivity index (χ1) is 15.8. The lowest BCUT2D eigenvalue weighted by Crippen LogP contribution is -2.13. The molecule has 0 saturated heterocycles. The molecule has 0 atom stereocenters. The van der Waals surface area contributed by atoms with Gasteiger partial charge in [-0.2, -0.15) is 5.26 Å². The van der Waals surface area contributed by atoms with Gasteiger partial charge in [0.05, 0.1) is 13.0 Å². The fourth-order valence-electron chi connectivity index (χ4n) is 2.75. The van der Waals surface area contributed by atoms with E-state index in [2.05, 4.69) is 43.8 Å². The molecule has 166 valence electrons. The average Bonchev–Trinajstić information content (AvgIpc) is 2.78. The molecule has 1 N–H and O–H groups in total. The third-order valence-corrected chi connectivity index (χ3v) is 5.95. The van der Waals surface area contributed by atoms with Crippen LogP contribution in [0.5, 0.6) is 5.75 Å². The maximum absolute atomic E-state index is 12.5. The van der Waals surface area contributed by atoms with E-state index < -0.39 is 10.8 Å². The van der Waals surface area contributed by atoms with Crippen molar-refractivity contribution in [2.75, 3.05) is 5.32 Å². The number of nitro groups is 1. The van der Waals surface area contributed by atoms with Gasteiger partial charge in [-0.3, -0.25) is 14.9 Å². The Bertz CT molecular complexity index is 1270.